The third-order valence-corrected chi connectivity index (χ3v) is 17.6. The molecule has 11 amide bonds. The first kappa shape index (κ1) is 82.8. The van der Waals surface area contributed by atoms with Gasteiger partial charge in [0.1, 0.15) is 71.7 Å². The first-order chi connectivity index (χ1) is 45.9. The van der Waals surface area contributed by atoms with Gasteiger partial charge in [-0.1, -0.05) is 58.0 Å². The highest BCUT2D eigenvalue weighted by Crippen LogP contribution is 2.31. The number of aliphatic hydroxyl groups excluding tert-OH is 1. The summed E-state index contributed by atoms with van der Waals surface area (Å²) in [5.74, 6) is -10.9. The fraction of sp³-hybridized carbons (Fsp3) is 0.548. The zero-order valence-corrected chi connectivity index (χ0v) is 58.4. The lowest BCUT2D eigenvalue weighted by Gasteiger charge is -2.28. The fourth-order valence-electron chi connectivity index (χ4n) is 9.48. The number of aromatic nitrogens is 1. The first-order valence-electron chi connectivity index (χ1n) is 31.6. The van der Waals surface area contributed by atoms with E-state index >= 15 is 0 Å². The molecule has 34 nitrogen and oxygen atoms in total. The van der Waals surface area contributed by atoms with Gasteiger partial charge in [-0.25, -0.2) is 17.7 Å². The fourth-order valence-corrected chi connectivity index (χ4v) is 11.5. The number of rotatable bonds is 41. The molecule has 10 atom stereocenters. The number of nitrogens with two attached hydrogens (primary N) is 5. The second-order valence-electron chi connectivity index (χ2n) is 24.3. The van der Waals surface area contributed by atoms with Crippen molar-refractivity contribution in [2.24, 2.45) is 50.5 Å². The zero-order chi connectivity index (χ0) is 73.7. The molecule has 0 saturated heterocycles. The predicted octanol–water partition coefficient (Wildman–Crippen LogP) is -3.73. The number of guanidine groups is 2. The lowest BCUT2D eigenvalue weighted by molar-refractivity contribution is -0.136. The number of carbonyl (C=O) groups is 11. The number of nitrogens with zero attached hydrogens (tertiary/aromatic N) is 4. The molecule has 0 aliphatic carbocycles. The third-order valence-electron chi connectivity index (χ3n) is 14.7. The average molecular weight is 1410 g/mol. The molecule has 0 aliphatic heterocycles. The van der Waals surface area contributed by atoms with Crippen LogP contribution < -0.4 is 81.8 Å². The summed E-state index contributed by atoms with van der Waals surface area (Å²) in [6.45, 7) is 11.3. The zero-order valence-electron chi connectivity index (χ0n) is 56.8. The smallest absolute Gasteiger partial charge is 0.245 e. The van der Waals surface area contributed by atoms with Gasteiger partial charge in [0.05, 0.1) is 17.2 Å². The highest BCUT2D eigenvalue weighted by Gasteiger charge is 2.36. The predicted molar refractivity (Wildman–Crippen MR) is 368 cm³/mol. The number of carbonyl (C=O) groups excluding carboxylic acids is 11. The summed E-state index contributed by atoms with van der Waals surface area (Å²) in [6.07, 6.45) is -0.275. The van der Waals surface area contributed by atoms with E-state index in [-0.39, 0.29) is 115 Å². The summed E-state index contributed by atoms with van der Waals surface area (Å²) in [6, 6.07) is -0.0877. The van der Waals surface area contributed by atoms with Crippen LogP contribution in [0, 0.1) is 11.8 Å². The monoisotopic (exact) mass is 1410 g/mol. The van der Waals surface area contributed by atoms with Gasteiger partial charge in [0, 0.05) is 57.4 Å². The van der Waals surface area contributed by atoms with Crippen LogP contribution in [0.4, 0.5) is 0 Å². The Balaban J connectivity index is 2.00. The number of nitrogens with one attached hydrogen (secondary N) is 10. The molecule has 0 radical (unpaired) electrons. The second-order valence-corrected chi connectivity index (χ2v) is 27.5. The lowest BCUT2D eigenvalue weighted by Crippen LogP contribution is -2.61. The molecule has 36 heteroatoms. The Hall–Kier alpha value is -9.42. The molecule has 1 aromatic heterocycles. The summed E-state index contributed by atoms with van der Waals surface area (Å²) >= 11 is 1.06. The van der Waals surface area contributed by atoms with Gasteiger partial charge in [0.2, 0.25) is 75.0 Å². The normalized spacial score (nSPS) is 14.4. The van der Waals surface area contributed by atoms with Crippen molar-refractivity contribution < 1.29 is 71.4 Å². The number of aliphatic hydroxyl groups is 1. The molecule has 0 spiro atoms. The molecule has 98 heavy (non-hydrogen) atoms. The SMILES string of the molecule is CC(=O)N[C@@H](C)C(=O)N[C@@H](CC(C)C)C(=O)N[C@@H](CCCN=C(N)N)C(=O)N[C@@H](CCCN=C(N)N)C(=O)N[C@@H](Cc1ccccc1)C(=O)N[C@@H](CO)C(=O)N[C@@H](CC(C)C)C(=O)N[C@@H](CSCc1ccc2c(S(=O)(=O)N(C)C)ccc(O)c2n1)C(=O)N[C@@H](C)C(=O)N[C@@H](C)C(N)=O. The van der Waals surface area contributed by atoms with Gasteiger partial charge < -0.3 is 92.0 Å². The molecule has 2 aromatic carbocycles. The van der Waals surface area contributed by atoms with Crippen LogP contribution in [0.3, 0.4) is 0 Å². The molecule has 22 N–H and O–H groups in total. The van der Waals surface area contributed by atoms with Crippen LogP contribution in [0.2, 0.25) is 0 Å². The van der Waals surface area contributed by atoms with Crippen LogP contribution in [0.5, 0.6) is 5.75 Å². The molecule has 0 bridgehead atoms. The van der Waals surface area contributed by atoms with E-state index in [9.17, 15) is 71.4 Å². The van der Waals surface area contributed by atoms with Crippen LogP contribution in [0.25, 0.3) is 10.9 Å². The van der Waals surface area contributed by atoms with Gasteiger partial charge in [-0.15, -0.1) is 0 Å². The summed E-state index contributed by atoms with van der Waals surface area (Å²) in [5, 5.41) is 47.2. The van der Waals surface area contributed by atoms with Crippen molar-refractivity contribution in [2.75, 3.05) is 39.5 Å². The van der Waals surface area contributed by atoms with Gasteiger partial charge in [0.15, 0.2) is 11.9 Å². The maximum absolute atomic E-state index is 14.7. The average Bonchev–Trinajstić information content (AvgIpc) is 0.771. The van der Waals surface area contributed by atoms with Gasteiger partial charge in [-0.05, 0) is 101 Å². The first-order valence-corrected chi connectivity index (χ1v) is 34.2. The van der Waals surface area contributed by atoms with Gasteiger partial charge in [-0.3, -0.25) is 62.7 Å². The Labute approximate surface area is 574 Å². The molecule has 0 unspecified atom stereocenters. The third kappa shape index (κ3) is 28.0. The molecule has 0 aliphatic rings. The van der Waals surface area contributed by atoms with Crippen molar-refractivity contribution in [3.05, 3.63) is 65.9 Å². The molecule has 0 fully saturated rings. The van der Waals surface area contributed by atoms with Crippen molar-refractivity contribution in [3.8, 4) is 5.75 Å². The number of thioether (sulfide) groups is 1. The van der Waals surface area contributed by atoms with E-state index in [4.69, 9.17) is 28.7 Å². The van der Waals surface area contributed by atoms with E-state index in [0.29, 0.717) is 11.3 Å². The summed E-state index contributed by atoms with van der Waals surface area (Å²) in [5.41, 5.74) is 28.4. The van der Waals surface area contributed by atoms with Crippen molar-refractivity contribution >= 4 is 110 Å². The molecule has 0 saturated carbocycles. The van der Waals surface area contributed by atoms with Crippen molar-refractivity contribution in [1.29, 1.82) is 0 Å². The van der Waals surface area contributed by atoms with Crippen LogP contribution in [-0.4, -0.2) is 205 Å². The summed E-state index contributed by atoms with van der Waals surface area (Å²) in [4.78, 5) is 163. The minimum atomic E-state index is -3.97. The van der Waals surface area contributed by atoms with Crippen LogP contribution >= 0.6 is 11.8 Å². The van der Waals surface area contributed by atoms with Crippen LogP contribution in [-0.2, 0) is 74.9 Å². The highest BCUT2D eigenvalue weighted by molar-refractivity contribution is 7.98. The van der Waals surface area contributed by atoms with E-state index in [0.717, 1.165) is 16.1 Å². The van der Waals surface area contributed by atoms with Crippen LogP contribution in [0.15, 0.2) is 69.5 Å². The Morgan fingerprint density at radius 2 is 0.959 bits per heavy atom. The van der Waals surface area contributed by atoms with E-state index < -0.39 is 142 Å². The molecular weight excluding hydrogens is 1310 g/mol. The Morgan fingerprint density at radius 3 is 1.45 bits per heavy atom. The highest BCUT2D eigenvalue weighted by atomic mass is 32.2. The lowest BCUT2D eigenvalue weighted by atomic mass is 10.0. The Morgan fingerprint density at radius 1 is 0.531 bits per heavy atom. The largest absolute Gasteiger partial charge is 0.506 e. The molecule has 3 rings (SSSR count). The van der Waals surface area contributed by atoms with E-state index in [1.165, 1.54) is 66.1 Å². The number of sulfonamides is 1. The number of pyridine rings is 1. The van der Waals surface area contributed by atoms with E-state index in [2.05, 4.69) is 68.1 Å². The summed E-state index contributed by atoms with van der Waals surface area (Å²) in [7, 11) is -1.27. The van der Waals surface area contributed by atoms with Gasteiger partial charge in [0.25, 0.3) is 0 Å². The molecule has 1 heterocycles. The quantitative estimate of drug-likeness (QED) is 0.0148. The standard InChI is InChI=1S/C62H97N19O15S2/c1-32(2)26-43(76-53(87)35(6)70-37(8)83)56(90)75-41(18-14-24-68-61(64)65)54(88)74-42(19-15-25-69-62(66)67)55(89)78-45(28-38-16-12-11-13-17-38)58(92)79-46(29-82)59(93)77-44(27-33(3)4)57(91)80-47(60(94)72-36(7)52(86)71-34(5)51(63)85)31-97-30-39-20-21-40-49(98(95,96)81(9)10)23-22-48(84)50(40)73-39/h11-13,16-17,20-23,32-36,41-47,82,84H,14-15,18-19,24-31H2,1-10H3,(H2,63,85)(H,70,83)(H,71,86)(H,72,94)(H,74,88)(H,75,90)(H,76,87)(H,77,93)(H,78,89)(H,79,92)(H,80,91)(H4,64,65,68)(H4,66,67,69)/t34-,35-,36-,41-,42-,43-,44-,45-,46-,47-/m0/s1. The van der Waals surface area contributed by atoms with Crippen molar-refractivity contribution in [2.45, 2.75) is 171 Å². The minimum Gasteiger partial charge on any atom is -0.506 e. The topological polar surface area (TPSA) is 554 Å². The number of phenols is 1. The number of aliphatic imine (C=N–C) groups is 2. The van der Waals surface area contributed by atoms with E-state index in [1.807, 2.05) is 0 Å². The molecular formula is C62H97N19O15S2. The van der Waals surface area contributed by atoms with Gasteiger partial charge >= 0.3 is 0 Å². The van der Waals surface area contributed by atoms with Crippen molar-refractivity contribution in [1.82, 2.24) is 62.5 Å². The van der Waals surface area contributed by atoms with Gasteiger partial charge in [-0.2, -0.15) is 11.8 Å². The maximum Gasteiger partial charge on any atom is 0.245 e. The number of benzene rings is 2. The Bertz CT molecular complexity index is 3440. The Kier molecular flexibility index (Phi) is 34.1. The number of amides is 11. The minimum absolute atomic E-state index is 0.0164. The number of phenolic OH excluding ortho intramolecular Hbond substituents is 1. The number of primary amides is 1. The van der Waals surface area contributed by atoms with E-state index in [1.54, 1.807) is 58.0 Å². The number of hydrogen-bond acceptors (Lipinski definition) is 19. The second kappa shape index (κ2) is 40.3. The molecule has 542 valence electrons. The number of fused-ring (bicyclic) bond motifs is 1. The molecule has 3 aromatic rings. The van der Waals surface area contributed by atoms with Crippen molar-refractivity contribution in [3.63, 3.8) is 0 Å². The number of aromatic hydroxyl groups is 1. The summed E-state index contributed by atoms with van der Waals surface area (Å²) < 4.78 is 27.3. The maximum atomic E-state index is 14.7. The number of hydrogen-bond donors (Lipinski definition) is 17. The van der Waals surface area contributed by atoms with Crippen LogP contribution in [0.1, 0.15) is 105 Å².